The van der Waals surface area contributed by atoms with E-state index in [1.54, 1.807) is 31.4 Å². The SMILES string of the molecule is Cn1nccc1C(=O)Nc1cc(Br)ccc1Cl. The number of carbonyl (C=O) groups excluding carboxylic acids is 1. The number of anilines is 1. The van der Waals surface area contributed by atoms with Crippen LogP contribution in [0.15, 0.2) is 34.9 Å². The standard InChI is InChI=1S/C11H9BrClN3O/c1-16-10(4-5-14-16)11(17)15-9-6-7(12)2-3-8(9)13/h2-6H,1H3,(H,15,17). The summed E-state index contributed by atoms with van der Waals surface area (Å²) in [6.07, 6.45) is 1.57. The van der Waals surface area contributed by atoms with Crippen LogP contribution < -0.4 is 5.32 Å². The molecule has 4 nitrogen and oxygen atoms in total. The Kier molecular flexibility index (Phi) is 3.49. The minimum atomic E-state index is -0.245. The van der Waals surface area contributed by atoms with Crippen molar-refractivity contribution in [3.05, 3.63) is 45.7 Å². The van der Waals surface area contributed by atoms with Gasteiger partial charge in [-0.15, -0.1) is 0 Å². The molecule has 0 saturated carbocycles. The van der Waals surface area contributed by atoms with Crippen molar-refractivity contribution >= 4 is 39.1 Å². The maximum absolute atomic E-state index is 11.9. The zero-order valence-electron chi connectivity index (χ0n) is 8.95. The van der Waals surface area contributed by atoms with Crippen LogP contribution in [0.3, 0.4) is 0 Å². The minimum absolute atomic E-state index is 0.245. The Balaban J connectivity index is 2.24. The maximum atomic E-state index is 11.9. The zero-order valence-corrected chi connectivity index (χ0v) is 11.3. The molecule has 1 aromatic heterocycles. The average molecular weight is 315 g/mol. The van der Waals surface area contributed by atoms with Gasteiger partial charge >= 0.3 is 0 Å². The highest BCUT2D eigenvalue weighted by Gasteiger charge is 2.11. The van der Waals surface area contributed by atoms with Crippen molar-refractivity contribution in [1.29, 1.82) is 0 Å². The Labute approximate surface area is 112 Å². The van der Waals surface area contributed by atoms with Crippen molar-refractivity contribution in [1.82, 2.24) is 9.78 Å². The monoisotopic (exact) mass is 313 g/mol. The first-order valence-electron chi connectivity index (χ1n) is 4.82. The van der Waals surface area contributed by atoms with E-state index < -0.39 is 0 Å². The number of nitrogens with zero attached hydrogens (tertiary/aromatic N) is 2. The van der Waals surface area contributed by atoms with Crippen LogP contribution in [-0.4, -0.2) is 15.7 Å². The van der Waals surface area contributed by atoms with E-state index in [0.29, 0.717) is 16.4 Å². The predicted molar refractivity (Wildman–Crippen MR) is 70.3 cm³/mol. The van der Waals surface area contributed by atoms with E-state index >= 15 is 0 Å². The van der Waals surface area contributed by atoms with Crippen LogP contribution in [-0.2, 0) is 7.05 Å². The van der Waals surface area contributed by atoms with Crippen molar-refractivity contribution < 1.29 is 4.79 Å². The molecule has 0 unspecified atom stereocenters. The molecule has 1 aromatic carbocycles. The Morgan fingerprint density at radius 2 is 2.24 bits per heavy atom. The highest BCUT2D eigenvalue weighted by molar-refractivity contribution is 9.10. The van der Waals surface area contributed by atoms with Crippen molar-refractivity contribution in [3.8, 4) is 0 Å². The summed E-state index contributed by atoms with van der Waals surface area (Å²) in [5.41, 5.74) is 1.04. The van der Waals surface area contributed by atoms with Gasteiger partial charge < -0.3 is 5.32 Å². The van der Waals surface area contributed by atoms with Crippen molar-refractivity contribution in [2.24, 2.45) is 7.05 Å². The molecule has 6 heteroatoms. The lowest BCUT2D eigenvalue weighted by Crippen LogP contribution is -2.16. The van der Waals surface area contributed by atoms with Gasteiger partial charge in [-0.2, -0.15) is 5.10 Å². The fourth-order valence-electron chi connectivity index (χ4n) is 1.38. The van der Waals surface area contributed by atoms with Gasteiger partial charge in [-0.25, -0.2) is 0 Å². The molecule has 0 fully saturated rings. The summed E-state index contributed by atoms with van der Waals surface area (Å²) in [4.78, 5) is 11.9. The molecule has 1 N–H and O–H groups in total. The van der Waals surface area contributed by atoms with Crippen LogP contribution in [0.4, 0.5) is 5.69 Å². The number of nitrogens with one attached hydrogen (secondary N) is 1. The first kappa shape index (κ1) is 12.1. The van der Waals surface area contributed by atoms with Crippen molar-refractivity contribution in [2.45, 2.75) is 0 Å². The Morgan fingerprint density at radius 1 is 1.47 bits per heavy atom. The molecule has 0 bridgehead atoms. The Bertz CT molecular complexity index is 568. The third-order valence-electron chi connectivity index (χ3n) is 2.23. The predicted octanol–water partition coefficient (Wildman–Crippen LogP) is 3.09. The average Bonchev–Trinajstić information content (AvgIpc) is 2.70. The molecule has 17 heavy (non-hydrogen) atoms. The first-order chi connectivity index (χ1) is 8.08. The van der Waals surface area contributed by atoms with Crippen LogP contribution in [0.2, 0.25) is 5.02 Å². The van der Waals surface area contributed by atoms with E-state index in [1.165, 1.54) is 4.68 Å². The van der Waals surface area contributed by atoms with E-state index in [4.69, 9.17) is 11.6 Å². The largest absolute Gasteiger partial charge is 0.319 e. The van der Waals surface area contributed by atoms with Gasteiger partial charge in [-0.3, -0.25) is 9.48 Å². The van der Waals surface area contributed by atoms with E-state index in [-0.39, 0.29) is 5.91 Å². The molecule has 0 aliphatic rings. The molecule has 0 radical (unpaired) electrons. The summed E-state index contributed by atoms with van der Waals surface area (Å²) in [5.74, 6) is -0.245. The normalized spacial score (nSPS) is 10.3. The highest BCUT2D eigenvalue weighted by atomic mass is 79.9. The summed E-state index contributed by atoms with van der Waals surface area (Å²) in [6.45, 7) is 0. The summed E-state index contributed by atoms with van der Waals surface area (Å²) in [5, 5.41) is 7.15. The summed E-state index contributed by atoms with van der Waals surface area (Å²) < 4.78 is 2.35. The molecular weight excluding hydrogens is 305 g/mol. The number of halogens is 2. The van der Waals surface area contributed by atoms with Crippen LogP contribution in [0.1, 0.15) is 10.5 Å². The third kappa shape index (κ3) is 2.68. The lowest BCUT2D eigenvalue weighted by Gasteiger charge is -2.07. The number of carbonyl (C=O) groups is 1. The number of benzene rings is 1. The Hall–Kier alpha value is -1.33. The summed E-state index contributed by atoms with van der Waals surface area (Å²) in [6, 6.07) is 6.91. The van der Waals surface area contributed by atoms with Gasteiger partial charge in [0.15, 0.2) is 0 Å². The van der Waals surface area contributed by atoms with E-state index in [0.717, 1.165) is 4.47 Å². The number of hydrogen-bond donors (Lipinski definition) is 1. The van der Waals surface area contributed by atoms with Crippen LogP contribution in [0, 0.1) is 0 Å². The third-order valence-corrected chi connectivity index (χ3v) is 3.05. The van der Waals surface area contributed by atoms with Gasteiger partial charge in [0.1, 0.15) is 5.69 Å². The molecule has 0 spiro atoms. The lowest BCUT2D eigenvalue weighted by molar-refractivity contribution is 0.101. The van der Waals surface area contributed by atoms with Gasteiger partial charge in [0.2, 0.25) is 0 Å². The molecule has 0 aliphatic carbocycles. The van der Waals surface area contributed by atoms with Crippen molar-refractivity contribution in [3.63, 3.8) is 0 Å². The molecular formula is C11H9BrClN3O. The molecule has 0 aliphatic heterocycles. The molecule has 88 valence electrons. The fourth-order valence-corrected chi connectivity index (χ4v) is 1.90. The summed E-state index contributed by atoms with van der Waals surface area (Å²) in [7, 11) is 1.71. The van der Waals surface area contributed by atoms with Crippen LogP contribution in [0.5, 0.6) is 0 Å². The lowest BCUT2D eigenvalue weighted by atomic mass is 10.3. The number of aryl methyl sites for hydroxylation is 1. The molecule has 2 aromatic rings. The van der Waals surface area contributed by atoms with E-state index in [2.05, 4.69) is 26.3 Å². The smallest absolute Gasteiger partial charge is 0.273 e. The molecule has 2 rings (SSSR count). The molecule has 0 saturated heterocycles. The summed E-state index contributed by atoms with van der Waals surface area (Å²) >= 11 is 9.31. The second-order valence-electron chi connectivity index (χ2n) is 3.42. The first-order valence-corrected chi connectivity index (χ1v) is 5.99. The zero-order chi connectivity index (χ0) is 12.4. The van der Waals surface area contributed by atoms with E-state index in [1.807, 2.05) is 6.07 Å². The number of hydrogen-bond acceptors (Lipinski definition) is 2. The van der Waals surface area contributed by atoms with Gasteiger partial charge in [0, 0.05) is 17.7 Å². The molecule has 0 atom stereocenters. The van der Waals surface area contributed by atoms with Crippen LogP contribution >= 0.6 is 27.5 Å². The molecule has 1 heterocycles. The highest BCUT2D eigenvalue weighted by Crippen LogP contribution is 2.26. The van der Waals surface area contributed by atoms with E-state index in [9.17, 15) is 4.79 Å². The number of amides is 1. The fraction of sp³-hybridized carbons (Fsp3) is 0.0909. The molecule has 1 amide bonds. The van der Waals surface area contributed by atoms with Crippen molar-refractivity contribution in [2.75, 3.05) is 5.32 Å². The van der Waals surface area contributed by atoms with Crippen LogP contribution in [0.25, 0.3) is 0 Å². The second-order valence-corrected chi connectivity index (χ2v) is 4.74. The quantitative estimate of drug-likeness (QED) is 0.926. The van der Waals surface area contributed by atoms with Gasteiger partial charge in [-0.1, -0.05) is 27.5 Å². The number of rotatable bonds is 2. The maximum Gasteiger partial charge on any atom is 0.273 e. The Morgan fingerprint density at radius 3 is 2.88 bits per heavy atom. The second kappa shape index (κ2) is 4.89. The van der Waals surface area contributed by atoms with Gasteiger partial charge in [0.25, 0.3) is 5.91 Å². The number of aromatic nitrogens is 2. The van der Waals surface area contributed by atoms with Gasteiger partial charge in [0.05, 0.1) is 10.7 Å². The van der Waals surface area contributed by atoms with Gasteiger partial charge in [-0.05, 0) is 24.3 Å². The topological polar surface area (TPSA) is 46.9 Å². The minimum Gasteiger partial charge on any atom is -0.319 e.